The van der Waals surface area contributed by atoms with Crippen LogP contribution in [0.3, 0.4) is 0 Å². The highest BCUT2D eigenvalue weighted by atomic mass is 16.6. The molecule has 0 saturated heterocycles. The number of rotatable bonds is 7. The molecule has 4 rings (SSSR count). The normalized spacial score (nSPS) is 22.0. The van der Waals surface area contributed by atoms with Gasteiger partial charge in [-0.15, -0.1) is 0 Å². The Morgan fingerprint density at radius 3 is 2.47 bits per heavy atom. The number of fused-ring (bicyclic) bond motifs is 1. The maximum atomic E-state index is 5.91. The third kappa shape index (κ3) is 7.27. The van der Waals surface area contributed by atoms with E-state index in [-0.39, 0.29) is 18.2 Å². The molecule has 5 heteroatoms. The lowest BCUT2D eigenvalue weighted by Gasteiger charge is -2.26. The molecule has 32 heavy (non-hydrogen) atoms. The van der Waals surface area contributed by atoms with Crippen LogP contribution in [0.1, 0.15) is 27.2 Å². The number of ether oxygens (including phenoxy) is 3. The highest BCUT2D eigenvalue weighted by Gasteiger charge is 2.26. The van der Waals surface area contributed by atoms with E-state index in [1.54, 1.807) is 0 Å². The molecular weight excluding hydrogens is 400 g/mol. The molecule has 2 aromatic carbocycles. The zero-order valence-corrected chi connectivity index (χ0v) is 19.2. The number of aliphatic imine (C=N–C) groups is 1. The van der Waals surface area contributed by atoms with E-state index in [0.717, 1.165) is 23.8 Å². The fraction of sp³-hybridized carbons (Fsp3) is 0.370. The molecular formula is C27H34N2O3. The van der Waals surface area contributed by atoms with Crippen LogP contribution in [-0.2, 0) is 4.74 Å². The van der Waals surface area contributed by atoms with Crippen molar-refractivity contribution in [2.24, 2.45) is 4.99 Å². The molecule has 2 aliphatic rings. The van der Waals surface area contributed by atoms with E-state index in [9.17, 15) is 0 Å². The molecule has 1 N–H and O–H groups in total. The Hall–Kier alpha value is -3.05. The fourth-order valence-electron chi connectivity index (χ4n) is 3.51. The van der Waals surface area contributed by atoms with E-state index in [0.29, 0.717) is 19.8 Å². The van der Waals surface area contributed by atoms with Crippen LogP contribution in [-0.4, -0.2) is 43.8 Å². The van der Waals surface area contributed by atoms with E-state index < -0.39 is 0 Å². The lowest BCUT2D eigenvalue weighted by atomic mass is 10.0. The highest BCUT2D eigenvalue weighted by molar-refractivity contribution is 5.86. The average molecular weight is 435 g/mol. The second-order valence-corrected chi connectivity index (χ2v) is 7.87. The number of para-hydroxylation sites is 2. The quantitative estimate of drug-likeness (QED) is 0.609. The fourth-order valence-corrected chi connectivity index (χ4v) is 3.51. The van der Waals surface area contributed by atoms with Crippen molar-refractivity contribution in [3.8, 4) is 11.5 Å². The van der Waals surface area contributed by atoms with Crippen LogP contribution in [0, 0.1) is 0 Å². The predicted octanol–water partition coefficient (Wildman–Crippen LogP) is 5.20. The molecule has 0 bridgehead atoms. The van der Waals surface area contributed by atoms with Crippen molar-refractivity contribution >= 4 is 5.84 Å². The minimum Gasteiger partial charge on any atom is -0.486 e. The molecule has 0 fully saturated rings. The molecule has 0 aliphatic carbocycles. The monoisotopic (exact) mass is 434 g/mol. The molecule has 2 aliphatic heterocycles. The summed E-state index contributed by atoms with van der Waals surface area (Å²) in [5, 5.41) is 3.42. The van der Waals surface area contributed by atoms with Crippen LogP contribution < -0.4 is 14.8 Å². The van der Waals surface area contributed by atoms with Crippen LogP contribution in [0.4, 0.5) is 0 Å². The summed E-state index contributed by atoms with van der Waals surface area (Å²) >= 11 is 0. The van der Waals surface area contributed by atoms with E-state index >= 15 is 0 Å². The molecule has 0 amide bonds. The minimum atomic E-state index is -0.0964. The zero-order valence-electron chi connectivity index (χ0n) is 19.2. The third-order valence-corrected chi connectivity index (χ3v) is 5.14. The molecule has 3 atom stereocenters. The smallest absolute Gasteiger partial charge is 0.161 e. The van der Waals surface area contributed by atoms with E-state index in [2.05, 4.69) is 44.3 Å². The van der Waals surface area contributed by atoms with E-state index in [4.69, 9.17) is 19.2 Å². The summed E-state index contributed by atoms with van der Waals surface area (Å²) in [6, 6.07) is 20.2. The summed E-state index contributed by atoms with van der Waals surface area (Å²) in [6.07, 6.45) is 7.34. The summed E-state index contributed by atoms with van der Waals surface area (Å²) in [4.78, 5) is 4.77. The summed E-state index contributed by atoms with van der Waals surface area (Å²) in [6.45, 7) is 7.84. The van der Waals surface area contributed by atoms with Gasteiger partial charge in [0.1, 0.15) is 19.0 Å². The van der Waals surface area contributed by atoms with Gasteiger partial charge in [0.15, 0.2) is 17.6 Å². The molecule has 0 saturated carbocycles. The number of benzene rings is 2. The van der Waals surface area contributed by atoms with Crippen LogP contribution >= 0.6 is 0 Å². The van der Waals surface area contributed by atoms with Gasteiger partial charge in [-0.05, 0) is 38.0 Å². The van der Waals surface area contributed by atoms with Gasteiger partial charge >= 0.3 is 0 Å². The number of allylic oxidation sites excluding steroid dienone is 3. The van der Waals surface area contributed by atoms with Gasteiger partial charge in [0.05, 0.1) is 18.7 Å². The Labute approximate surface area is 191 Å². The first-order chi connectivity index (χ1) is 15.7. The van der Waals surface area contributed by atoms with Crippen molar-refractivity contribution in [2.75, 3.05) is 19.8 Å². The standard InChI is InChI=1S/C21H28N2O3.C6H6/c1-4-5-6-9-15(2)21-16(3)22-20(23-21)14-24-12-17-13-25-18-10-7-8-11-19(18)26-17;1-2-4-6-5-3-1/h5-11,16-17,21H,4,12-14H2,1-3H3,(H,22,23);1-6H/b6-5-,15-9+;/t16?,17?,21-;/m1./s1. The highest BCUT2D eigenvalue weighted by Crippen LogP contribution is 2.30. The largest absolute Gasteiger partial charge is 0.486 e. The second-order valence-electron chi connectivity index (χ2n) is 7.87. The van der Waals surface area contributed by atoms with Crippen molar-refractivity contribution in [3.05, 3.63) is 84.5 Å². The molecule has 0 spiro atoms. The summed E-state index contributed by atoms with van der Waals surface area (Å²) in [5.41, 5.74) is 1.25. The SMILES string of the molecule is CC/C=C\C=C(/C)[C@H]1N=C(COCC2COc3ccccc3O2)NC1C.c1ccccc1. The molecule has 2 heterocycles. The van der Waals surface area contributed by atoms with Crippen LogP contribution in [0.2, 0.25) is 0 Å². The average Bonchev–Trinajstić information content (AvgIpc) is 3.21. The first kappa shape index (κ1) is 23.6. The molecule has 2 unspecified atom stereocenters. The maximum Gasteiger partial charge on any atom is 0.161 e. The predicted molar refractivity (Wildman–Crippen MR) is 131 cm³/mol. The van der Waals surface area contributed by atoms with Gasteiger partial charge in [0, 0.05) is 0 Å². The molecule has 0 aromatic heterocycles. The molecule has 5 nitrogen and oxygen atoms in total. The van der Waals surface area contributed by atoms with Crippen molar-refractivity contribution in [1.29, 1.82) is 0 Å². The Morgan fingerprint density at radius 2 is 1.78 bits per heavy atom. The first-order valence-electron chi connectivity index (χ1n) is 11.3. The Bertz CT molecular complexity index is 881. The van der Waals surface area contributed by atoms with E-state index in [1.807, 2.05) is 60.7 Å². The van der Waals surface area contributed by atoms with Gasteiger partial charge < -0.3 is 19.5 Å². The van der Waals surface area contributed by atoms with Gasteiger partial charge in [0.25, 0.3) is 0 Å². The summed E-state index contributed by atoms with van der Waals surface area (Å²) < 4.78 is 17.4. The lowest BCUT2D eigenvalue weighted by Crippen LogP contribution is -2.36. The van der Waals surface area contributed by atoms with Crippen molar-refractivity contribution in [2.45, 2.75) is 45.4 Å². The van der Waals surface area contributed by atoms with Crippen molar-refractivity contribution in [1.82, 2.24) is 5.32 Å². The third-order valence-electron chi connectivity index (χ3n) is 5.14. The zero-order chi connectivity index (χ0) is 22.6. The minimum absolute atomic E-state index is 0.0964. The number of hydrogen-bond donors (Lipinski definition) is 1. The first-order valence-corrected chi connectivity index (χ1v) is 11.3. The van der Waals surface area contributed by atoms with Gasteiger partial charge in [0.2, 0.25) is 0 Å². The molecule has 170 valence electrons. The van der Waals surface area contributed by atoms with Crippen molar-refractivity contribution in [3.63, 3.8) is 0 Å². The van der Waals surface area contributed by atoms with Crippen LogP contribution in [0.25, 0.3) is 0 Å². The van der Waals surface area contributed by atoms with E-state index in [1.165, 1.54) is 5.57 Å². The van der Waals surface area contributed by atoms with Gasteiger partial charge in [-0.25, -0.2) is 0 Å². The Kier molecular flexibility index (Phi) is 9.38. The summed E-state index contributed by atoms with van der Waals surface area (Å²) in [7, 11) is 0. The number of hydrogen-bond acceptors (Lipinski definition) is 5. The van der Waals surface area contributed by atoms with Gasteiger partial charge in [-0.1, -0.05) is 73.7 Å². The van der Waals surface area contributed by atoms with Gasteiger partial charge in [-0.3, -0.25) is 4.99 Å². The topological polar surface area (TPSA) is 52.1 Å². The Balaban J connectivity index is 0.000000416. The lowest BCUT2D eigenvalue weighted by molar-refractivity contribution is 0.0195. The Morgan fingerprint density at radius 1 is 1.09 bits per heavy atom. The maximum absolute atomic E-state index is 5.91. The number of amidine groups is 1. The van der Waals surface area contributed by atoms with Gasteiger partial charge in [-0.2, -0.15) is 0 Å². The summed E-state index contributed by atoms with van der Waals surface area (Å²) in [5.74, 6) is 2.46. The second kappa shape index (κ2) is 12.7. The van der Waals surface area contributed by atoms with Crippen molar-refractivity contribution < 1.29 is 14.2 Å². The molecule has 0 radical (unpaired) electrons. The molecule has 2 aromatic rings. The van der Waals surface area contributed by atoms with Crippen LogP contribution in [0.5, 0.6) is 11.5 Å². The van der Waals surface area contributed by atoms with Crippen LogP contribution in [0.15, 0.2) is 89.5 Å². The number of nitrogens with one attached hydrogen (secondary N) is 1. The number of nitrogens with zero attached hydrogens (tertiary/aromatic N) is 1.